The standard InChI is InChI=1S/C27H25N3O3/c31-27(15-24(20-9-3-1-4-10-20)21-11-5-2-6-12-21)29-22-16-28-30(17-22)18-23-19-32-25-13-7-8-14-26(25)33-23/h1-14,16-17,23-24H,15,18-19H2,(H,29,31)/t23-/m1/s1. The van der Waals surface area contributed by atoms with E-state index in [9.17, 15) is 4.79 Å². The minimum Gasteiger partial charge on any atom is -0.486 e. The number of aromatic nitrogens is 2. The molecular weight excluding hydrogens is 414 g/mol. The van der Waals surface area contributed by atoms with Crippen LogP contribution in [0.5, 0.6) is 11.5 Å². The summed E-state index contributed by atoms with van der Waals surface area (Å²) in [5, 5.41) is 7.37. The summed E-state index contributed by atoms with van der Waals surface area (Å²) in [4.78, 5) is 12.9. The summed E-state index contributed by atoms with van der Waals surface area (Å²) in [6.07, 6.45) is 3.68. The molecule has 0 radical (unpaired) electrons. The van der Waals surface area contributed by atoms with E-state index in [-0.39, 0.29) is 17.9 Å². The predicted molar refractivity (Wildman–Crippen MR) is 127 cm³/mol. The molecular formula is C27H25N3O3. The van der Waals surface area contributed by atoms with Gasteiger partial charge in [-0.05, 0) is 23.3 Å². The van der Waals surface area contributed by atoms with Gasteiger partial charge in [0.15, 0.2) is 17.6 Å². The smallest absolute Gasteiger partial charge is 0.225 e. The minimum absolute atomic E-state index is 0.0182. The number of rotatable bonds is 7. The number of amides is 1. The molecule has 0 bridgehead atoms. The van der Waals surface area contributed by atoms with Crippen LogP contribution < -0.4 is 14.8 Å². The largest absolute Gasteiger partial charge is 0.486 e. The molecule has 1 amide bonds. The van der Waals surface area contributed by atoms with Crippen molar-refractivity contribution in [1.29, 1.82) is 0 Å². The van der Waals surface area contributed by atoms with E-state index in [2.05, 4.69) is 34.7 Å². The first-order chi connectivity index (χ1) is 16.2. The number of hydrogen-bond donors (Lipinski definition) is 1. The summed E-state index contributed by atoms with van der Waals surface area (Å²) in [5.41, 5.74) is 2.89. The first-order valence-corrected chi connectivity index (χ1v) is 11.1. The van der Waals surface area contributed by atoms with E-state index in [4.69, 9.17) is 9.47 Å². The molecule has 5 rings (SSSR count). The van der Waals surface area contributed by atoms with Crippen molar-refractivity contribution in [2.24, 2.45) is 0 Å². The molecule has 0 aliphatic carbocycles. The van der Waals surface area contributed by atoms with E-state index in [1.54, 1.807) is 10.9 Å². The van der Waals surface area contributed by atoms with Gasteiger partial charge >= 0.3 is 0 Å². The van der Waals surface area contributed by atoms with Gasteiger partial charge in [-0.2, -0.15) is 5.10 Å². The molecule has 6 nitrogen and oxygen atoms in total. The van der Waals surface area contributed by atoms with Gasteiger partial charge in [0.2, 0.25) is 5.91 Å². The van der Waals surface area contributed by atoms with Crippen molar-refractivity contribution in [1.82, 2.24) is 9.78 Å². The molecule has 0 unspecified atom stereocenters. The molecule has 1 atom stereocenters. The number of nitrogens with zero attached hydrogens (tertiary/aromatic N) is 2. The van der Waals surface area contributed by atoms with Crippen molar-refractivity contribution < 1.29 is 14.3 Å². The monoisotopic (exact) mass is 439 g/mol. The third-order valence-electron chi connectivity index (χ3n) is 5.67. The van der Waals surface area contributed by atoms with Gasteiger partial charge in [-0.3, -0.25) is 9.48 Å². The van der Waals surface area contributed by atoms with Gasteiger partial charge in [-0.25, -0.2) is 0 Å². The van der Waals surface area contributed by atoms with Crippen LogP contribution in [0.1, 0.15) is 23.5 Å². The highest BCUT2D eigenvalue weighted by Gasteiger charge is 2.22. The number of carbonyl (C=O) groups excluding carboxylic acids is 1. The van der Waals surface area contributed by atoms with Crippen LogP contribution in [0.15, 0.2) is 97.3 Å². The first kappa shape index (κ1) is 20.8. The molecule has 1 aromatic heterocycles. The molecule has 1 N–H and O–H groups in total. The Morgan fingerprint density at radius 1 is 0.939 bits per heavy atom. The van der Waals surface area contributed by atoms with E-state index in [0.29, 0.717) is 25.3 Å². The fourth-order valence-electron chi connectivity index (χ4n) is 4.09. The van der Waals surface area contributed by atoms with Crippen LogP contribution in [-0.4, -0.2) is 28.4 Å². The Hall–Kier alpha value is -4.06. The van der Waals surface area contributed by atoms with Gasteiger partial charge in [0, 0.05) is 18.5 Å². The lowest BCUT2D eigenvalue weighted by Crippen LogP contribution is -2.33. The van der Waals surface area contributed by atoms with Gasteiger partial charge in [0.1, 0.15) is 6.61 Å². The maximum Gasteiger partial charge on any atom is 0.225 e. The number of carbonyl (C=O) groups is 1. The molecule has 1 aliphatic heterocycles. The lowest BCUT2D eigenvalue weighted by molar-refractivity contribution is -0.116. The Labute approximate surface area is 192 Å². The van der Waals surface area contributed by atoms with Crippen molar-refractivity contribution in [2.75, 3.05) is 11.9 Å². The Bertz CT molecular complexity index is 1170. The van der Waals surface area contributed by atoms with E-state index >= 15 is 0 Å². The number of anilines is 1. The summed E-state index contributed by atoms with van der Waals surface area (Å²) < 4.78 is 13.5. The fourth-order valence-corrected chi connectivity index (χ4v) is 4.09. The second-order valence-electron chi connectivity index (χ2n) is 8.07. The number of benzene rings is 3. The number of para-hydroxylation sites is 2. The number of hydrogen-bond acceptors (Lipinski definition) is 4. The highest BCUT2D eigenvalue weighted by Crippen LogP contribution is 2.31. The average molecular weight is 440 g/mol. The SMILES string of the molecule is O=C(CC(c1ccccc1)c1ccccc1)Nc1cnn(C[C@@H]2COc3ccccc3O2)c1. The summed E-state index contributed by atoms with van der Waals surface area (Å²) in [7, 11) is 0. The van der Waals surface area contributed by atoms with Crippen LogP contribution in [-0.2, 0) is 11.3 Å². The summed E-state index contributed by atoms with van der Waals surface area (Å²) in [6, 6.07) is 27.9. The topological polar surface area (TPSA) is 65.4 Å². The number of fused-ring (bicyclic) bond motifs is 1. The molecule has 1 aliphatic rings. The first-order valence-electron chi connectivity index (χ1n) is 11.1. The van der Waals surface area contributed by atoms with E-state index in [1.807, 2.05) is 66.9 Å². The van der Waals surface area contributed by atoms with Crippen LogP contribution in [0, 0.1) is 0 Å². The maximum atomic E-state index is 12.9. The van der Waals surface area contributed by atoms with E-state index in [0.717, 1.165) is 22.6 Å². The second kappa shape index (κ2) is 9.61. The van der Waals surface area contributed by atoms with Gasteiger partial charge in [0.25, 0.3) is 0 Å². The van der Waals surface area contributed by atoms with Crippen molar-refractivity contribution in [3.05, 3.63) is 108 Å². The summed E-state index contributed by atoms with van der Waals surface area (Å²) in [6.45, 7) is 0.981. The Balaban J connectivity index is 1.22. The van der Waals surface area contributed by atoms with Crippen molar-refractivity contribution in [3.63, 3.8) is 0 Å². The fraction of sp³-hybridized carbons (Fsp3) is 0.185. The lowest BCUT2D eigenvalue weighted by atomic mass is 9.88. The van der Waals surface area contributed by atoms with Crippen LogP contribution in [0.25, 0.3) is 0 Å². The zero-order valence-corrected chi connectivity index (χ0v) is 18.1. The highest BCUT2D eigenvalue weighted by molar-refractivity contribution is 5.91. The lowest BCUT2D eigenvalue weighted by Gasteiger charge is -2.26. The molecule has 6 heteroatoms. The van der Waals surface area contributed by atoms with Crippen molar-refractivity contribution in [2.45, 2.75) is 25.0 Å². The third-order valence-corrected chi connectivity index (χ3v) is 5.67. The number of ether oxygens (including phenoxy) is 2. The average Bonchev–Trinajstić information content (AvgIpc) is 3.30. The highest BCUT2D eigenvalue weighted by atomic mass is 16.6. The van der Waals surface area contributed by atoms with Gasteiger partial charge in [-0.15, -0.1) is 0 Å². The predicted octanol–water partition coefficient (Wildman–Crippen LogP) is 4.88. The molecule has 3 aromatic carbocycles. The minimum atomic E-state index is -0.149. The van der Waals surface area contributed by atoms with Crippen molar-refractivity contribution >= 4 is 11.6 Å². The van der Waals surface area contributed by atoms with Crippen LogP contribution in [0.2, 0.25) is 0 Å². The molecule has 0 saturated heterocycles. The van der Waals surface area contributed by atoms with Gasteiger partial charge in [-0.1, -0.05) is 72.8 Å². The molecule has 0 saturated carbocycles. The zero-order valence-electron chi connectivity index (χ0n) is 18.1. The van der Waals surface area contributed by atoms with Crippen molar-refractivity contribution in [3.8, 4) is 11.5 Å². The quantitative estimate of drug-likeness (QED) is 0.446. The summed E-state index contributed by atoms with van der Waals surface area (Å²) in [5.74, 6) is 1.42. The van der Waals surface area contributed by atoms with E-state index < -0.39 is 0 Å². The van der Waals surface area contributed by atoms with Crippen LogP contribution in [0.3, 0.4) is 0 Å². The molecule has 0 fully saturated rings. The normalized spacial score (nSPS) is 14.8. The molecule has 33 heavy (non-hydrogen) atoms. The Kier molecular flexibility index (Phi) is 6.06. The molecule has 4 aromatic rings. The number of nitrogens with one attached hydrogen (secondary N) is 1. The Morgan fingerprint density at radius 2 is 1.58 bits per heavy atom. The zero-order chi connectivity index (χ0) is 22.5. The maximum absolute atomic E-state index is 12.9. The third kappa shape index (κ3) is 5.06. The summed E-state index contributed by atoms with van der Waals surface area (Å²) >= 11 is 0. The van der Waals surface area contributed by atoms with Crippen LogP contribution in [0.4, 0.5) is 5.69 Å². The van der Waals surface area contributed by atoms with E-state index in [1.165, 1.54) is 0 Å². The molecule has 166 valence electrons. The van der Waals surface area contributed by atoms with Gasteiger partial charge < -0.3 is 14.8 Å². The van der Waals surface area contributed by atoms with Gasteiger partial charge in [0.05, 0.1) is 18.4 Å². The van der Waals surface area contributed by atoms with Crippen LogP contribution >= 0.6 is 0 Å². The molecule has 0 spiro atoms. The molecule has 2 heterocycles. The Morgan fingerprint density at radius 3 is 2.27 bits per heavy atom. The second-order valence-corrected chi connectivity index (χ2v) is 8.07.